The summed E-state index contributed by atoms with van der Waals surface area (Å²) in [5.74, 6) is 0. The van der Waals surface area contributed by atoms with E-state index < -0.39 is 0 Å². The fourth-order valence-electron chi connectivity index (χ4n) is 0.618. The average molecular weight is 162 g/mol. The predicted molar refractivity (Wildman–Crippen MR) is 48.2 cm³/mol. The van der Waals surface area contributed by atoms with Crippen molar-refractivity contribution >= 4 is 17.3 Å². The molecule has 0 aromatic heterocycles. The van der Waals surface area contributed by atoms with Crippen LogP contribution in [0.4, 0.5) is 0 Å². The summed E-state index contributed by atoms with van der Waals surface area (Å²) in [5.41, 5.74) is 1.02. The molecule has 0 N–H and O–H groups in total. The van der Waals surface area contributed by atoms with Crippen molar-refractivity contribution in [1.29, 1.82) is 0 Å². The summed E-state index contributed by atoms with van der Waals surface area (Å²) in [6, 6.07) is 0. The van der Waals surface area contributed by atoms with Gasteiger partial charge in [-0.05, 0) is 34.6 Å². The normalized spacial score (nSPS) is 17.2. The molecule has 0 aliphatic rings. The van der Waals surface area contributed by atoms with E-state index in [0.29, 0.717) is 0 Å². The Balaban J connectivity index is 4.17. The smallest absolute Gasteiger partial charge is 0.0683 e. The Morgan fingerprint density at radius 3 is 1.90 bits per heavy atom. The van der Waals surface area contributed by atoms with Crippen LogP contribution in [0.2, 0.25) is 0 Å². The molecule has 0 heterocycles. The molecule has 0 aromatic rings. The number of hydrogen-bond donors (Lipinski definition) is 0. The summed E-state index contributed by atoms with van der Waals surface area (Å²) in [4.78, 5) is 4.39. The Bertz CT molecular complexity index is 131. The molecule has 60 valence electrons. The lowest BCUT2D eigenvalue weighted by molar-refractivity contribution is 0.582. The summed E-state index contributed by atoms with van der Waals surface area (Å²) in [5, 5.41) is 0.0548. The van der Waals surface area contributed by atoms with Gasteiger partial charge in [-0.15, -0.1) is 11.6 Å². The molecule has 0 saturated carbocycles. The van der Waals surface area contributed by atoms with Crippen LogP contribution in [-0.4, -0.2) is 16.6 Å². The van der Waals surface area contributed by atoms with Crippen molar-refractivity contribution in [3.05, 3.63) is 0 Å². The van der Waals surface area contributed by atoms with Crippen LogP contribution in [0.25, 0.3) is 0 Å². The van der Waals surface area contributed by atoms with Crippen molar-refractivity contribution in [2.45, 2.75) is 45.5 Å². The van der Waals surface area contributed by atoms with Gasteiger partial charge in [0.2, 0.25) is 0 Å². The largest absolute Gasteiger partial charge is 0.287 e. The molecule has 0 radical (unpaired) electrons. The molecule has 0 rings (SSSR count). The molecular weight excluding hydrogens is 146 g/mol. The third-order valence-corrected chi connectivity index (χ3v) is 1.40. The highest BCUT2D eigenvalue weighted by Gasteiger charge is 2.09. The second-order valence-electron chi connectivity index (χ2n) is 3.54. The third kappa shape index (κ3) is 4.80. The average Bonchev–Trinajstić information content (AvgIpc) is 1.60. The first-order chi connectivity index (χ1) is 4.33. The highest BCUT2D eigenvalue weighted by Crippen LogP contribution is 2.09. The zero-order valence-corrected chi connectivity index (χ0v) is 8.16. The molecule has 2 heteroatoms. The standard InChI is InChI=1S/C8H16ClN/c1-6(9)7(2)10-8(3,4)5/h6H,1-5H3/t6-/m1/s1. The van der Waals surface area contributed by atoms with Gasteiger partial charge >= 0.3 is 0 Å². The van der Waals surface area contributed by atoms with Crippen molar-refractivity contribution in [2.75, 3.05) is 0 Å². The fraction of sp³-hybridized carbons (Fsp3) is 0.875. The summed E-state index contributed by atoms with van der Waals surface area (Å²) in [6.07, 6.45) is 0. The van der Waals surface area contributed by atoms with E-state index in [1.165, 1.54) is 0 Å². The lowest BCUT2D eigenvalue weighted by Gasteiger charge is -2.14. The molecule has 0 bridgehead atoms. The van der Waals surface area contributed by atoms with Crippen LogP contribution in [0.3, 0.4) is 0 Å². The maximum Gasteiger partial charge on any atom is 0.0683 e. The minimum absolute atomic E-state index is 0.00718. The molecule has 1 nitrogen and oxygen atoms in total. The second-order valence-corrected chi connectivity index (χ2v) is 4.19. The highest BCUT2D eigenvalue weighted by molar-refractivity contribution is 6.31. The first kappa shape index (κ1) is 9.96. The second kappa shape index (κ2) is 3.38. The maximum atomic E-state index is 5.80. The molecule has 0 aliphatic carbocycles. The van der Waals surface area contributed by atoms with E-state index >= 15 is 0 Å². The molecule has 0 saturated heterocycles. The van der Waals surface area contributed by atoms with Crippen LogP contribution in [-0.2, 0) is 0 Å². The Morgan fingerprint density at radius 2 is 1.80 bits per heavy atom. The van der Waals surface area contributed by atoms with Gasteiger partial charge in [-0.2, -0.15) is 0 Å². The first-order valence-corrected chi connectivity index (χ1v) is 3.97. The highest BCUT2D eigenvalue weighted by atomic mass is 35.5. The summed E-state index contributed by atoms with van der Waals surface area (Å²) >= 11 is 5.80. The van der Waals surface area contributed by atoms with Crippen LogP contribution < -0.4 is 0 Å². The van der Waals surface area contributed by atoms with Crippen LogP contribution in [0.5, 0.6) is 0 Å². The fourth-order valence-corrected chi connectivity index (χ4v) is 0.667. The van der Waals surface area contributed by atoms with E-state index in [4.69, 9.17) is 11.6 Å². The number of rotatable bonds is 1. The Morgan fingerprint density at radius 1 is 1.40 bits per heavy atom. The van der Waals surface area contributed by atoms with Crippen molar-refractivity contribution in [3.8, 4) is 0 Å². The molecule has 0 spiro atoms. The molecule has 0 aliphatic heterocycles. The minimum atomic E-state index is 0.00718. The van der Waals surface area contributed by atoms with Gasteiger partial charge in [0.05, 0.1) is 10.9 Å². The van der Waals surface area contributed by atoms with E-state index in [2.05, 4.69) is 25.8 Å². The zero-order chi connectivity index (χ0) is 8.36. The molecule has 1 atom stereocenters. The lowest BCUT2D eigenvalue weighted by atomic mass is 10.1. The van der Waals surface area contributed by atoms with Gasteiger partial charge < -0.3 is 0 Å². The molecule has 0 amide bonds. The number of hydrogen-bond acceptors (Lipinski definition) is 1. The van der Waals surface area contributed by atoms with Gasteiger partial charge in [0.25, 0.3) is 0 Å². The van der Waals surface area contributed by atoms with Crippen molar-refractivity contribution in [1.82, 2.24) is 0 Å². The van der Waals surface area contributed by atoms with E-state index in [1.54, 1.807) is 0 Å². The van der Waals surface area contributed by atoms with E-state index in [9.17, 15) is 0 Å². The topological polar surface area (TPSA) is 12.4 Å². The Labute approximate surface area is 68.5 Å². The van der Waals surface area contributed by atoms with E-state index in [-0.39, 0.29) is 10.9 Å². The summed E-state index contributed by atoms with van der Waals surface area (Å²) in [6.45, 7) is 10.1. The van der Waals surface area contributed by atoms with Crippen molar-refractivity contribution in [3.63, 3.8) is 0 Å². The van der Waals surface area contributed by atoms with Crippen molar-refractivity contribution < 1.29 is 0 Å². The van der Waals surface area contributed by atoms with E-state index in [1.807, 2.05) is 13.8 Å². The maximum absolute atomic E-state index is 5.80. The van der Waals surface area contributed by atoms with Crippen LogP contribution in [0.1, 0.15) is 34.6 Å². The molecule has 10 heavy (non-hydrogen) atoms. The Kier molecular flexibility index (Phi) is 3.37. The Hall–Kier alpha value is -0.0400. The van der Waals surface area contributed by atoms with Crippen LogP contribution in [0.15, 0.2) is 4.99 Å². The molecule has 0 fully saturated rings. The lowest BCUT2D eigenvalue weighted by Crippen LogP contribution is -2.16. The van der Waals surface area contributed by atoms with Crippen LogP contribution >= 0.6 is 11.6 Å². The zero-order valence-electron chi connectivity index (χ0n) is 7.40. The van der Waals surface area contributed by atoms with Crippen molar-refractivity contribution in [2.24, 2.45) is 4.99 Å². The summed E-state index contributed by atoms with van der Waals surface area (Å²) in [7, 11) is 0. The van der Waals surface area contributed by atoms with Gasteiger partial charge in [0, 0.05) is 5.71 Å². The van der Waals surface area contributed by atoms with Gasteiger partial charge in [-0.3, -0.25) is 4.99 Å². The number of nitrogens with zero attached hydrogens (tertiary/aromatic N) is 1. The number of halogens is 1. The van der Waals surface area contributed by atoms with Gasteiger partial charge in [0.1, 0.15) is 0 Å². The number of aliphatic imine (C=N–C) groups is 1. The quantitative estimate of drug-likeness (QED) is 0.414. The molecular formula is C8H16ClN. The van der Waals surface area contributed by atoms with Crippen LogP contribution in [0, 0.1) is 0 Å². The van der Waals surface area contributed by atoms with E-state index in [0.717, 1.165) is 5.71 Å². The first-order valence-electron chi connectivity index (χ1n) is 3.53. The monoisotopic (exact) mass is 161 g/mol. The SMILES string of the molecule is CC(=NC(C)(C)C)[C@@H](C)Cl. The predicted octanol–water partition coefficient (Wildman–Crippen LogP) is 2.87. The van der Waals surface area contributed by atoms with Gasteiger partial charge in [-0.25, -0.2) is 0 Å². The minimum Gasteiger partial charge on any atom is -0.287 e. The third-order valence-electron chi connectivity index (χ3n) is 1.09. The van der Waals surface area contributed by atoms with Gasteiger partial charge in [-0.1, -0.05) is 0 Å². The molecule has 0 aromatic carbocycles. The number of alkyl halides is 1. The summed E-state index contributed by atoms with van der Waals surface area (Å²) < 4.78 is 0. The molecule has 0 unspecified atom stereocenters. The van der Waals surface area contributed by atoms with Gasteiger partial charge in [0.15, 0.2) is 0 Å².